The quantitative estimate of drug-likeness (QED) is 0.521. The lowest BCUT2D eigenvalue weighted by molar-refractivity contribution is -0.124. The highest BCUT2D eigenvalue weighted by atomic mass is 16.2. The Labute approximate surface area is 166 Å². The second kappa shape index (κ2) is 7.04. The molecule has 0 aliphatic carbocycles. The number of nitrogens with zero attached hydrogens (tertiary/aromatic N) is 2. The SMILES string of the molecule is Cn1ccnc1C1(CNC(=O)c2ccc(C3CCC(=O)N3)cc2)NC(=O)NC1=O. The smallest absolute Gasteiger partial charge is 0.322 e. The van der Waals surface area contributed by atoms with Gasteiger partial charge in [0, 0.05) is 31.4 Å². The highest BCUT2D eigenvalue weighted by Crippen LogP contribution is 2.25. The van der Waals surface area contributed by atoms with E-state index in [1.165, 1.54) is 6.20 Å². The number of amides is 5. The van der Waals surface area contributed by atoms with Crippen LogP contribution in [0.1, 0.15) is 40.6 Å². The lowest BCUT2D eigenvalue weighted by Gasteiger charge is -2.25. The average Bonchev–Trinajstić information content (AvgIpc) is 3.39. The predicted molar refractivity (Wildman–Crippen MR) is 100 cm³/mol. The second-order valence-corrected chi connectivity index (χ2v) is 7.14. The van der Waals surface area contributed by atoms with Crippen molar-refractivity contribution in [1.82, 2.24) is 30.8 Å². The van der Waals surface area contributed by atoms with E-state index in [0.29, 0.717) is 17.8 Å². The minimum absolute atomic E-state index is 0.0216. The molecule has 4 N–H and O–H groups in total. The molecule has 29 heavy (non-hydrogen) atoms. The van der Waals surface area contributed by atoms with Gasteiger partial charge in [0.25, 0.3) is 11.8 Å². The molecule has 5 amide bonds. The van der Waals surface area contributed by atoms with Crippen LogP contribution in [-0.4, -0.2) is 39.8 Å². The molecule has 0 saturated carbocycles. The Morgan fingerprint density at radius 1 is 1.28 bits per heavy atom. The van der Waals surface area contributed by atoms with Gasteiger partial charge in [-0.1, -0.05) is 12.1 Å². The van der Waals surface area contributed by atoms with Crippen molar-refractivity contribution in [3.05, 3.63) is 53.6 Å². The summed E-state index contributed by atoms with van der Waals surface area (Å²) < 4.78 is 1.61. The number of hydrogen-bond donors (Lipinski definition) is 4. The van der Waals surface area contributed by atoms with Crippen LogP contribution in [-0.2, 0) is 22.2 Å². The zero-order valence-electron chi connectivity index (χ0n) is 15.7. The van der Waals surface area contributed by atoms with Gasteiger partial charge in [0.15, 0.2) is 5.54 Å². The number of carbonyl (C=O) groups excluding carboxylic acids is 4. The van der Waals surface area contributed by atoms with E-state index in [1.54, 1.807) is 42.1 Å². The van der Waals surface area contributed by atoms with E-state index in [0.717, 1.165) is 12.0 Å². The average molecular weight is 396 g/mol. The third kappa shape index (κ3) is 3.33. The van der Waals surface area contributed by atoms with Gasteiger partial charge >= 0.3 is 6.03 Å². The Balaban J connectivity index is 1.49. The van der Waals surface area contributed by atoms with Gasteiger partial charge in [-0.25, -0.2) is 9.78 Å². The first-order chi connectivity index (χ1) is 13.9. The molecule has 10 heteroatoms. The van der Waals surface area contributed by atoms with Crippen LogP contribution >= 0.6 is 0 Å². The van der Waals surface area contributed by atoms with Crippen molar-refractivity contribution in [2.24, 2.45) is 7.05 Å². The van der Waals surface area contributed by atoms with E-state index in [4.69, 9.17) is 0 Å². The number of benzene rings is 1. The van der Waals surface area contributed by atoms with Crippen molar-refractivity contribution in [3.8, 4) is 0 Å². The van der Waals surface area contributed by atoms with E-state index in [2.05, 4.69) is 26.3 Å². The predicted octanol–water partition coefficient (Wildman–Crippen LogP) is -0.164. The normalized spacial score (nSPS) is 23.5. The first-order valence-electron chi connectivity index (χ1n) is 9.18. The fraction of sp³-hybridized carbons (Fsp3) is 0.316. The molecule has 1 aromatic heterocycles. The highest BCUT2D eigenvalue weighted by Gasteiger charge is 2.50. The van der Waals surface area contributed by atoms with Gasteiger partial charge in [-0.05, 0) is 24.1 Å². The fourth-order valence-electron chi connectivity index (χ4n) is 3.68. The lowest BCUT2D eigenvalue weighted by atomic mass is 9.98. The molecule has 2 aromatic rings. The molecule has 2 atom stereocenters. The molecule has 2 saturated heterocycles. The third-order valence-corrected chi connectivity index (χ3v) is 5.23. The summed E-state index contributed by atoms with van der Waals surface area (Å²) in [6, 6.07) is 6.23. The van der Waals surface area contributed by atoms with Gasteiger partial charge < -0.3 is 20.5 Å². The summed E-state index contributed by atoms with van der Waals surface area (Å²) in [7, 11) is 1.70. The molecule has 1 aromatic carbocycles. The minimum atomic E-state index is -1.49. The van der Waals surface area contributed by atoms with Gasteiger partial charge in [0.05, 0.1) is 12.6 Å². The van der Waals surface area contributed by atoms with E-state index >= 15 is 0 Å². The number of aryl methyl sites for hydroxylation is 1. The molecular formula is C19H20N6O4. The number of imidazole rings is 1. The molecule has 0 spiro atoms. The van der Waals surface area contributed by atoms with Gasteiger partial charge in [0.2, 0.25) is 5.91 Å². The maximum atomic E-state index is 12.6. The number of urea groups is 1. The topological polar surface area (TPSA) is 134 Å². The number of nitrogens with one attached hydrogen (secondary N) is 4. The van der Waals surface area contributed by atoms with E-state index in [1.807, 2.05) is 0 Å². The second-order valence-electron chi connectivity index (χ2n) is 7.14. The summed E-state index contributed by atoms with van der Waals surface area (Å²) >= 11 is 0. The van der Waals surface area contributed by atoms with Crippen LogP contribution in [0.25, 0.3) is 0 Å². The van der Waals surface area contributed by atoms with E-state index < -0.39 is 23.4 Å². The van der Waals surface area contributed by atoms with Crippen molar-refractivity contribution in [2.75, 3.05) is 6.54 Å². The van der Waals surface area contributed by atoms with Crippen LogP contribution in [0.15, 0.2) is 36.7 Å². The molecular weight excluding hydrogens is 376 g/mol. The molecule has 2 unspecified atom stereocenters. The molecule has 0 bridgehead atoms. The molecule has 150 valence electrons. The standard InChI is InChI=1S/C19H20N6O4/c1-25-9-8-20-16(25)19(17(28)23-18(29)24-19)10-21-15(27)12-4-2-11(3-5-12)13-6-7-14(26)22-13/h2-5,8-9,13H,6-7,10H2,1H3,(H,21,27)(H,22,26)(H2,23,24,28,29). The van der Waals surface area contributed by atoms with Crippen molar-refractivity contribution in [3.63, 3.8) is 0 Å². The summed E-state index contributed by atoms with van der Waals surface area (Å²) in [6.07, 6.45) is 4.38. The zero-order chi connectivity index (χ0) is 20.6. The van der Waals surface area contributed by atoms with Gasteiger partial charge in [-0.2, -0.15) is 0 Å². The third-order valence-electron chi connectivity index (χ3n) is 5.23. The van der Waals surface area contributed by atoms with Crippen molar-refractivity contribution < 1.29 is 19.2 Å². The Hall–Kier alpha value is -3.69. The molecule has 10 nitrogen and oxygen atoms in total. The van der Waals surface area contributed by atoms with Crippen molar-refractivity contribution >= 4 is 23.8 Å². The number of carbonyl (C=O) groups is 4. The monoisotopic (exact) mass is 396 g/mol. The summed E-state index contributed by atoms with van der Waals surface area (Å²) in [5, 5.41) is 10.4. The summed E-state index contributed by atoms with van der Waals surface area (Å²) in [4.78, 5) is 52.4. The summed E-state index contributed by atoms with van der Waals surface area (Å²) in [5.74, 6) is -0.638. The van der Waals surface area contributed by atoms with Crippen LogP contribution in [0.2, 0.25) is 0 Å². The van der Waals surface area contributed by atoms with Crippen LogP contribution in [0.5, 0.6) is 0 Å². The highest BCUT2D eigenvalue weighted by molar-refractivity contribution is 6.07. The Morgan fingerprint density at radius 3 is 2.59 bits per heavy atom. The van der Waals surface area contributed by atoms with Crippen LogP contribution in [0.3, 0.4) is 0 Å². The van der Waals surface area contributed by atoms with Crippen LogP contribution in [0.4, 0.5) is 4.79 Å². The van der Waals surface area contributed by atoms with Crippen LogP contribution in [0, 0.1) is 0 Å². The summed E-state index contributed by atoms with van der Waals surface area (Å²) in [6.45, 7) is -0.158. The number of rotatable bonds is 5. The number of imide groups is 1. The largest absolute Gasteiger partial charge is 0.349 e. The summed E-state index contributed by atoms with van der Waals surface area (Å²) in [5.41, 5.74) is -0.156. The Bertz CT molecular complexity index is 998. The lowest BCUT2D eigenvalue weighted by Crippen LogP contribution is -2.54. The molecule has 2 aliphatic rings. The van der Waals surface area contributed by atoms with E-state index in [9.17, 15) is 19.2 Å². The molecule has 0 radical (unpaired) electrons. The van der Waals surface area contributed by atoms with E-state index in [-0.39, 0.29) is 18.5 Å². The van der Waals surface area contributed by atoms with Crippen LogP contribution < -0.4 is 21.3 Å². The molecule has 2 fully saturated rings. The zero-order valence-corrected chi connectivity index (χ0v) is 15.7. The number of aromatic nitrogens is 2. The minimum Gasteiger partial charge on any atom is -0.349 e. The fourth-order valence-corrected chi connectivity index (χ4v) is 3.68. The Kier molecular flexibility index (Phi) is 4.53. The van der Waals surface area contributed by atoms with Crippen molar-refractivity contribution in [1.29, 1.82) is 0 Å². The molecule has 2 aliphatic heterocycles. The maximum absolute atomic E-state index is 12.6. The maximum Gasteiger partial charge on any atom is 0.322 e. The molecule has 4 rings (SSSR count). The van der Waals surface area contributed by atoms with Gasteiger partial charge in [-0.3, -0.25) is 19.7 Å². The number of hydrogen-bond acceptors (Lipinski definition) is 5. The first-order valence-corrected chi connectivity index (χ1v) is 9.18. The first kappa shape index (κ1) is 18.7. The van der Waals surface area contributed by atoms with Crippen molar-refractivity contribution in [2.45, 2.75) is 24.4 Å². The Morgan fingerprint density at radius 2 is 2.03 bits per heavy atom. The van der Waals surface area contributed by atoms with Gasteiger partial charge in [-0.15, -0.1) is 0 Å². The molecule has 3 heterocycles. The van der Waals surface area contributed by atoms with Gasteiger partial charge in [0.1, 0.15) is 5.82 Å².